The van der Waals surface area contributed by atoms with Crippen LogP contribution in [0.15, 0.2) is 35.3 Å². The molecular weight excluding hydrogens is 198 g/mol. The molecule has 0 aromatic heterocycles. The van der Waals surface area contributed by atoms with E-state index in [1.807, 2.05) is 6.07 Å². The molecule has 16 heavy (non-hydrogen) atoms. The van der Waals surface area contributed by atoms with Gasteiger partial charge >= 0.3 is 0 Å². The van der Waals surface area contributed by atoms with E-state index in [0.29, 0.717) is 0 Å². The molecule has 1 heterocycles. The first-order valence-electron chi connectivity index (χ1n) is 6.00. The molecule has 1 saturated heterocycles. The van der Waals surface area contributed by atoms with Gasteiger partial charge in [-0.1, -0.05) is 30.3 Å². The standard InChI is InChI=1S/C14H19NO/c1-11(13-7-4-3-5-8-13)15-14-9-6-10-16-12(14)2/h3-5,7-8,11-12H,6,9-10H2,1-2H3/t11-,12?/m1/s1. The fourth-order valence-corrected chi connectivity index (χ4v) is 2.04. The molecule has 0 spiro atoms. The predicted molar refractivity (Wildman–Crippen MR) is 66.9 cm³/mol. The maximum absolute atomic E-state index is 5.60. The monoisotopic (exact) mass is 217 g/mol. The fourth-order valence-electron chi connectivity index (χ4n) is 2.04. The molecule has 0 radical (unpaired) electrons. The third-order valence-electron chi connectivity index (χ3n) is 3.06. The van der Waals surface area contributed by atoms with Gasteiger partial charge in [0.05, 0.1) is 12.1 Å². The van der Waals surface area contributed by atoms with Gasteiger partial charge in [-0.15, -0.1) is 0 Å². The number of rotatable bonds is 2. The number of ether oxygens (including phenoxy) is 1. The molecule has 0 aliphatic carbocycles. The van der Waals surface area contributed by atoms with Gasteiger partial charge in [-0.2, -0.15) is 0 Å². The lowest BCUT2D eigenvalue weighted by molar-refractivity contribution is 0.0922. The van der Waals surface area contributed by atoms with Crippen molar-refractivity contribution in [3.05, 3.63) is 35.9 Å². The number of benzene rings is 1. The van der Waals surface area contributed by atoms with Crippen molar-refractivity contribution in [3.8, 4) is 0 Å². The van der Waals surface area contributed by atoms with E-state index in [4.69, 9.17) is 9.73 Å². The van der Waals surface area contributed by atoms with Crippen molar-refractivity contribution in [3.63, 3.8) is 0 Å². The first-order chi connectivity index (χ1) is 7.77. The van der Waals surface area contributed by atoms with E-state index in [2.05, 4.69) is 38.1 Å². The zero-order chi connectivity index (χ0) is 11.4. The summed E-state index contributed by atoms with van der Waals surface area (Å²) in [6, 6.07) is 10.7. The average Bonchev–Trinajstić information content (AvgIpc) is 2.33. The van der Waals surface area contributed by atoms with Crippen molar-refractivity contribution in [1.29, 1.82) is 0 Å². The quantitative estimate of drug-likeness (QED) is 0.744. The summed E-state index contributed by atoms with van der Waals surface area (Å²) in [5.41, 5.74) is 2.48. The van der Waals surface area contributed by atoms with Gasteiger partial charge in [0.25, 0.3) is 0 Å². The number of nitrogens with zero attached hydrogens (tertiary/aromatic N) is 1. The van der Waals surface area contributed by atoms with Crippen molar-refractivity contribution in [2.75, 3.05) is 6.61 Å². The van der Waals surface area contributed by atoms with Gasteiger partial charge in [0.1, 0.15) is 0 Å². The van der Waals surface area contributed by atoms with E-state index < -0.39 is 0 Å². The Kier molecular flexibility index (Phi) is 3.73. The lowest BCUT2D eigenvalue weighted by atomic mass is 10.1. The normalized spacial score (nSPS) is 25.6. The second kappa shape index (κ2) is 5.26. The SMILES string of the molecule is CC1OCCCC1=N[C@H](C)c1ccccc1. The van der Waals surface area contributed by atoms with Crippen LogP contribution in [-0.2, 0) is 4.74 Å². The highest BCUT2D eigenvalue weighted by Crippen LogP contribution is 2.19. The minimum absolute atomic E-state index is 0.194. The van der Waals surface area contributed by atoms with Gasteiger partial charge in [-0.05, 0) is 32.3 Å². The molecule has 0 amide bonds. The largest absolute Gasteiger partial charge is 0.373 e. The molecule has 0 N–H and O–H groups in total. The Balaban J connectivity index is 2.10. The minimum Gasteiger partial charge on any atom is -0.373 e. The van der Waals surface area contributed by atoms with E-state index >= 15 is 0 Å². The van der Waals surface area contributed by atoms with Crippen LogP contribution in [0, 0.1) is 0 Å². The first kappa shape index (κ1) is 11.3. The van der Waals surface area contributed by atoms with Gasteiger partial charge in [0.2, 0.25) is 0 Å². The van der Waals surface area contributed by atoms with Gasteiger partial charge in [-0.25, -0.2) is 0 Å². The Bertz CT molecular complexity index is 358. The molecule has 2 rings (SSSR count). The summed E-state index contributed by atoms with van der Waals surface area (Å²) in [6.45, 7) is 5.11. The smallest absolute Gasteiger partial charge is 0.0923 e. The molecule has 2 heteroatoms. The molecule has 1 aromatic rings. The molecule has 2 nitrogen and oxygen atoms in total. The second-order valence-electron chi connectivity index (χ2n) is 4.32. The lowest BCUT2D eigenvalue weighted by Crippen LogP contribution is -2.27. The van der Waals surface area contributed by atoms with Gasteiger partial charge in [0.15, 0.2) is 0 Å². The van der Waals surface area contributed by atoms with Crippen LogP contribution in [-0.4, -0.2) is 18.4 Å². The minimum atomic E-state index is 0.194. The first-order valence-corrected chi connectivity index (χ1v) is 6.00. The Labute approximate surface area is 97.4 Å². The van der Waals surface area contributed by atoms with Crippen LogP contribution in [0.25, 0.3) is 0 Å². The van der Waals surface area contributed by atoms with Crippen molar-refractivity contribution >= 4 is 5.71 Å². The average molecular weight is 217 g/mol. The summed E-state index contributed by atoms with van der Waals surface area (Å²) < 4.78 is 5.60. The van der Waals surface area contributed by atoms with Crippen LogP contribution in [0.3, 0.4) is 0 Å². The van der Waals surface area contributed by atoms with Crippen molar-refractivity contribution in [1.82, 2.24) is 0 Å². The predicted octanol–water partition coefficient (Wildman–Crippen LogP) is 3.39. The zero-order valence-corrected chi connectivity index (χ0v) is 10.0. The van der Waals surface area contributed by atoms with Crippen LogP contribution in [0.2, 0.25) is 0 Å². The number of aliphatic imine (C=N–C) groups is 1. The van der Waals surface area contributed by atoms with E-state index in [9.17, 15) is 0 Å². The molecule has 0 bridgehead atoms. The summed E-state index contributed by atoms with van der Waals surface area (Å²) in [6.07, 6.45) is 2.38. The summed E-state index contributed by atoms with van der Waals surface area (Å²) in [5.74, 6) is 0. The molecule has 2 atom stereocenters. The van der Waals surface area contributed by atoms with Crippen LogP contribution in [0.5, 0.6) is 0 Å². The van der Waals surface area contributed by atoms with Crippen molar-refractivity contribution < 1.29 is 4.74 Å². The molecule has 1 aliphatic heterocycles. The van der Waals surface area contributed by atoms with Crippen molar-refractivity contribution in [2.45, 2.75) is 38.8 Å². The zero-order valence-electron chi connectivity index (χ0n) is 10.0. The molecule has 1 fully saturated rings. The fraction of sp³-hybridized carbons (Fsp3) is 0.500. The highest BCUT2D eigenvalue weighted by atomic mass is 16.5. The van der Waals surface area contributed by atoms with Gasteiger partial charge < -0.3 is 4.74 Å². The van der Waals surface area contributed by atoms with Crippen molar-refractivity contribution in [2.24, 2.45) is 4.99 Å². The highest BCUT2D eigenvalue weighted by Gasteiger charge is 2.17. The number of hydrogen-bond acceptors (Lipinski definition) is 2. The van der Waals surface area contributed by atoms with Crippen LogP contribution >= 0.6 is 0 Å². The van der Waals surface area contributed by atoms with E-state index in [1.54, 1.807) is 0 Å². The molecule has 86 valence electrons. The maximum atomic E-state index is 5.60. The van der Waals surface area contributed by atoms with Crippen LogP contribution < -0.4 is 0 Å². The lowest BCUT2D eigenvalue weighted by Gasteiger charge is -2.22. The molecule has 1 unspecified atom stereocenters. The maximum Gasteiger partial charge on any atom is 0.0923 e. The van der Waals surface area contributed by atoms with E-state index in [1.165, 1.54) is 11.3 Å². The third kappa shape index (κ3) is 2.70. The van der Waals surface area contributed by atoms with E-state index in [0.717, 1.165) is 19.4 Å². The van der Waals surface area contributed by atoms with Gasteiger partial charge in [0, 0.05) is 12.3 Å². The summed E-state index contributed by atoms with van der Waals surface area (Å²) in [5, 5.41) is 0. The van der Waals surface area contributed by atoms with Crippen LogP contribution in [0.4, 0.5) is 0 Å². The Hall–Kier alpha value is -1.15. The Morgan fingerprint density at radius 2 is 2.06 bits per heavy atom. The second-order valence-corrected chi connectivity index (χ2v) is 4.32. The third-order valence-corrected chi connectivity index (χ3v) is 3.06. The summed E-state index contributed by atoms with van der Waals surface area (Å²) >= 11 is 0. The molecule has 0 saturated carbocycles. The number of hydrogen-bond donors (Lipinski definition) is 0. The van der Waals surface area contributed by atoms with E-state index in [-0.39, 0.29) is 12.1 Å². The summed E-state index contributed by atoms with van der Waals surface area (Å²) in [4.78, 5) is 4.78. The topological polar surface area (TPSA) is 21.6 Å². The molecule has 1 aliphatic rings. The van der Waals surface area contributed by atoms with Crippen LogP contribution in [0.1, 0.15) is 38.3 Å². The van der Waals surface area contributed by atoms with Gasteiger partial charge in [-0.3, -0.25) is 4.99 Å². The Morgan fingerprint density at radius 3 is 2.75 bits per heavy atom. The molecule has 1 aromatic carbocycles. The molecular formula is C14H19NO. The highest BCUT2D eigenvalue weighted by molar-refractivity contribution is 5.89. The Morgan fingerprint density at radius 1 is 1.31 bits per heavy atom. The summed E-state index contributed by atoms with van der Waals surface area (Å²) in [7, 11) is 0.